The maximum absolute atomic E-state index is 6.66. The van der Waals surface area contributed by atoms with Gasteiger partial charge in [-0.25, -0.2) is 0 Å². The predicted octanol–water partition coefficient (Wildman–Crippen LogP) is 11.7. The lowest BCUT2D eigenvalue weighted by Gasteiger charge is -2.33. The molecule has 7 aromatic carbocycles. The van der Waals surface area contributed by atoms with Gasteiger partial charge in [0.15, 0.2) is 0 Å². The predicted molar refractivity (Wildman–Crippen MR) is 212 cm³/mol. The fraction of sp³-hybridized carbons (Fsp3) is 0.0417. The second-order valence-electron chi connectivity index (χ2n) is 13.4. The maximum Gasteiger partial charge on any atom is 0.136 e. The SMILES string of the molecule is C1=C(c2ccccc2)NC(c2ccccc2)NC1c1cc(-c2ccccc2)cc(-n2c3c(c4ccccc42)-c2ccccc2Oc2ccccc2-3)c1. The standard InChI is InChI=1S/C48H35N3O/c1-4-16-32(17-5-1)35-28-36(42-31-41(33-18-6-2-7-19-33)49-48(50-42)34-20-8-3-9-21-34)30-37(29-35)51-43-25-13-10-22-38(43)46-39-23-11-14-26-44(39)52-45-27-15-12-24-40(45)47(46)51/h1-31,42,48-50H. The van der Waals surface area contributed by atoms with Gasteiger partial charge in [0.2, 0.25) is 0 Å². The first-order valence-electron chi connectivity index (χ1n) is 17.8. The summed E-state index contributed by atoms with van der Waals surface area (Å²) in [7, 11) is 0. The van der Waals surface area contributed by atoms with E-state index in [9.17, 15) is 0 Å². The number of rotatable bonds is 5. The van der Waals surface area contributed by atoms with Crippen LogP contribution < -0.4 is 15.4 Å². The Labute approximate surface area is 303 Å². The van der Waals surface area contributed by atoms with Crippen molar-refractivity contribution in [3.63, 3.8) is 0 Å². The number of ether oxygens (including phenoxy) is 1. The van der Waals surface area contributed by atoms with Crippen LogP contribution in [0.5, 0.6) is 11.5 Å². The number of hydrogen-bond donors (Lipinski definition) is 2. The molecular formula is C48H35N3O. The maximum atomic E-state index is 6.66. The molecule has 4 heteroatoms. The van der Waals surface area contributed by atoms with Crippen molar-refractivity contribution in [3.8, 4) is 50.7 Å². The Hall–Kier alpha value is -6.62. The Balaban J connectivity index is 1.24. The molecule has 4 nitrogen and oxygen atoms in total. The number of benzene rings is 7. The van der Waals surface area contributed by atoms with Crippen molar-refractivity contribution in [2.75, 3.05) is 0 Å². The lowest BCUT2D eigenvalue weighted by Crippen LogP contribution is -2.39. The van der Waals surface area contributed by atoms with E-state index in [2.05, 4.69) is 197 Å². The topological polar surface area (TPSA) is 38.2 Å². The van der Waals surface area contributed by atoms with Crippen LogP contribution in [-0.4, -0.2) is 4.57 Å². The minimum atomic E-state index is -0.0838. The van der Waals surface area contributed by atoms with Crippen LogP contribution in [-0.2, 0) is 0 Å². The lowest BCUT2D eigenvalue weighted by molar-refractivity contribution is 0.442. The van der Waals surface area contributed by atoms with Crippen LogP contribution in [0.3, 0.4) is 0 Å². The third kappa shape index (κ3) is 5.20. The van der Waals surface area contributed by atoms with Crippen molar-refractivity contribution in [3.05, 3.63) is 205 Å². The fourth-order valence-electron chi connectivity index (χ4n) is 7.86. The molecule has 3 heterocycles. The second kappa shape index (κ2) is 12.6. The summed E-state index contributed by atoms with van der Waals surface area (Å²) in [5, 5.41) is 8.94. The molecule has 2 aliphatic heterocycles. The minimum Gasteiger partial charge on any atom is -0.456 e. The van der Waals surface area contributed by atoms with Gasteiger partial charge in [-0.3, -0.25) is 5.32 Å². The van der Waals surface area contributed by atoms with Crippen molar-refractivity contribution < 1.29 is 4.74 Å². The summed E-state index contributed by atoms with van der Waals surface area (Å²) in [6.07, 6.45) is 2.25. The van der Waals surface area contributed by atoms with Crippen molar-refractivity contribution >= 4 is 16.6 Å². The molecule has 0 bridgehead atoms. The van der Waals surface area contributed by atoms with Gasteiger partial charge in [0, 0.05) is 33.5 Å². The van der Waals surface area contributed by atoms with Crippen LogP contribution in [0.15, 0.2) is 188 Å². The summed E-state index contributed by atoms with van der Waals surface area (Å²) in [4.78, 5) is 0. The molecule has 10 rings (SSSR count). The highest BCUT2D eigenvalue weighted by molar-refractivity contribution is 6.08. The number of nitrogens with one attached hydrogen (secondary N) is 2. The van der Waals surface area contributed by atoms with E-state index in [1.165, 1.54) is 27.6 Å². The Morgan fingerprint density at radius 1 is 0.500 bits per heavy atom. The Morgan fingerprint density at radius 2 is 1.12 bits per heavy atom. The zero-order valence-electron chi connectivity index (χ0n) is 28.4. The molecule has 0 saturated carbocycles. The number of hydrogen-bond acceptors (Lipinski definition) is 3. The summed E-state index contributed by atoms with van der Waals surface area (Å²) in [6.45, 7) is 0. The van der Waals surface area contributed by atoms with E-state index < -0.39 is 0 Å². The largest absolute Gasteiger partial charge is 0.456 e. The van der Waals surface area contributed by atoms with Crippen molar-refractivity contribution in [1.82, 2.24) is 15.2 Å². The molecule has 0 saturated heterocycles. The van der Waals surface area contributed by atoms with Crippen LogP contribution in [0, 0.1) is 0 Å². The second-order valence-corrected chi connectivity index (χ2v) is 13.4. The van der Waals surface area contributed by atoms with E-state index in [1.807, 2.05) is 6.07 Å². The van der Waals surface area contributed by atoms with E-state index in [1.54, 1.807) is 0 Å². The highest BCUT2D eigenvalue weighted by Crippen LogP contribution is 2.51. The molecule has 1 aromatic heterocycles. The van der Waals surface area contributed by atoms with Gasteiger partial charge in [-0.05, 0) is 76.4 Å². The van der Waals surface area contributed by atoms with Crippen LogP contribution in [0.1, 0.15) is 28.9 Å². The number of fused-ring (bicyclic) bond motifs is 7. The van der Waals surface area contributed by atoms with Gasteiger partial charge in [-0.15, -0.1) is 0 Å². The van der Waals surface area contributed by atoms with Crippen LogP contribution in [0.4, 0.5) is 0 Å². The first-order valence-corrected chi connectivity index (χ1v) is 17.8. The molecule has 0 amide bonds. The van der Waals surface area contributed by atoms with Crippen LogP contribution in [0.2, 0.25) is 0 Å². The summed E-state index contributed by atoms with van der Waals surface area (Å²) >= 11 is 0. The van der Waals surface area contributed by atoms with E-state index in [-0.39, 0.29) is 12.2 Å². The number of nitrogens with zero attached hydrogens (tertiary/aromatic N) is 1. The third-order valence-corrected chi connectivity index (χ3v) is 10.3. The van der Waals surface area contributed by atoms with Crippen LogP contribution in [0.25, 0.3) is 55.8 Å². The van der Waals surface area contributed by atoms with E-state index in [0.29, 0.717) is 0 Å². The van der Waals surface area contributed by atoms with Crippen molar-refractivity contribution in [2.45, 2.75) is 12.2 Å². The molecule has 2 N–H and O–H groups in total. The zero-order valence-corrected chi connectivity index (χ0v) is 28.4. The first-order chi connectivity index (χ1) is 25.8. The third-order valence-electron chi connectivity index (χ3n) is 10.3. The molecule has 248 valence electrons. The average Bonchev–Trinajstić information content (AvgIpc) is 3.49. The van der Waals surface area contributed by atoms with Crippen molar-refractivity contribution in [1.29, 1.82) is 0 Å². The Kier molecular flexibility index (Phi) is 7.33. The molecular weight excluding hydrogens is 635 g/mol. The molecule has 8 aromatic rings. The molecule has 2 aliphatic rings. The van der Waals surface area contributed by atoms with Crippen molar-refractivity contribution in [2.24, 2.45) is 0 Å². The number of para-hydroxylation sites is 3. The highest BCUT2D eigenvalue weighted by atomic mass is 16.5. The molecule has 0 aliphatic carbocycles. The summed E-state index contributed by atoms with van der Waals surface area (Å²) < 4.78 is 9.11. The van der Waals surface area contributed by atoms with Gasteiger partial charge in [0.05, 0.1) is 17.3 Å². The van der Waals surface area contributed by atoms with Gasteiger partial charge in [-0.1, -0.05) is 140 Å². The Bertz CT molecular complexity index is 2610. The first kappa shape index (κ1) is 30.2. The smallest absolute Gasteiger partial charge is 0.136 e. The summed E-state index contributed by atoms with van der Waals surface area (Å²) in [6, 6.07) is 64.5. The van der Waals surface area contributed by atoms with E-state index >= 15 is 0 Å². The minimum absolute atomic E-state index is 0.0825. The quantitative estimate of drug-likeness (QED) is 0.192. The zero-order chi connectivity index (χ0) is 34.4. The van der Waals surface area contributed by atoms with Gasteiger partial charge in [0.1, 0.15) is 17.7 Å². The van der Waals surface area contributed by atoms with E-state index in [4.69, 9.17) is 4.74 Å². The molecule has 2 atom stereocenters. The molecule has 0 radical (unpaired) electrons. The molecule has 2 unspecified atom stereocenters. The normalized spacial score (nSPS) is 16.0. The highest BCUT2D eigenvalue weighted by Gasteiger charge is 2.30. The van der Waals surface area contributed by atoms with Gasteiger partial charge in [0.25, 0.3) is 0 Å². The summed E-state index contributed by atoms with van der Waals surface area (Å²) in [5.41, 5.74) is 13.6. The van der Waals surface area contributed by atoms with Gasteiger partial charge in [-0.2, -0.15) is 0 Å². The number of aromatic nitrogens is 1. The monoisotopic (exact) mass is 669 g/mol. The Morgan fingerprint density at radius 3 is 1.88 bits per heavy atom. The van der Waals surface area contributed by atoms with E-state index in [0.717, 1.165) is 56.3 Å². The lowest BCUT2D eigenvalue weighted by atomic mass is 9.94. The van der Waals surface area contributed by atoms with Crippen LogP contribution >= 0.6 is 0 Å². The molecule has 0 fully saturated rings. The fourth-order valence-corrected chi connectivity index (χ4v) is 7.86. The summed E-state index contributed by atoms with van der Waals surface area (Å²) in [5.74, 6) is 1.71. The van der Waals surface area contributed by atoms with Gasteiger partial charge < -0.3 is 14.6 Å². The molecule has 52 heavy (non-hydrogen) atoms. The molecule has 0 spiro atoms. The average molecular weight is 670 g/mol. The van der Waals surface area contributed by atoms with Gasteiger partial charge >= 0.3 is 0 Å².